The summed E-state index contributed by atoms with van der Waals surface area (Å²) in [7, 11) is 0. The van der Waals surface area contributed by atoms with Gasteiger partial charge < -0.3 is 24.4 Å². The van der Waals surface area contributed by atoms with Gasteiger partial charge >= 0.3 is 5.97 Å². The van der Waals surface area contributed by atoms with Crippen LogP contribution in [0.3, 0.4) is 0 Å². The molecule has 7 atom stereocenters. The van der Waals surface area contributed by atoms with Crippen LogP contribution in [0.4, 0.5) is 0 Å². The second-order valence-corrected chi connectivity index (χ2v) is 11.2. The SMILES string of the molecule is C=CCCCOC(=O)[C@H]1[C@H]2C(=O)N([C@@H](CO)[C@@H](C)CC)C(C(=O)N(CC=C)C(C)C)C23CC[C@]1(CC)O3. The summed E-state index contributed by atoms with van der Waals surface area (Å²) in [6.07, 6.45) is 7.19. The predicted molar refractivity (Wildman–Crippen MR) is 141 cm³/mol. The van der Waals surface area contributed by atoms with E-state index in [1.54, 1.807) is 22.0 Å². The van der Waals surface area contributed by atoms with E-state index in [1.807, 2.05) is 34.6 Å². The summed E-state index contributed by atoms with van der Waals surface area (Å²) in [6, 6.07) is -1.61. The van der Waals surface area contributed by atoms with Crippen LogP contribution in [0.25, 0.3) is 0 Å². The Bertz CT molecular complexity index is 890. The molecule has 3 heterocycles. The number of fused-ring (bicyclic) bond motifs is 1. The fourth-order valence-corrected chi connectivity index (χ4v) is 6.81. The van der Waals surface area contributed by atoms with Crippen molar-refractivity contribution in [3.05, 3.63) is 25.3 Å². The number of likely N-dealkylation sites (tertiary alicyclic amines) is 1. The maximum atomic E-state index is 14.3. The van der Waals surface area contributed by atoms with Crippen molar-refractivity contribution in [3.8, 4) is 0 Å². The topological polar surface area (TPSA) is 96.4 Å². The van der Waals surface area contributed by atoms with E-state index in [1.165, 1.54) is 0 Å². The lowest BCUT2D eigenvalue weighted by atomic mass is 9.65. The van der Waals surface area contributed by atoms with Gasteiger partial charge in [0.25, 0.3) is 0 Å². The van der Waals surface area contributed by atoms with E-state index in [9.17, 15) is 19.5 Å². The Hall–Kier alpha value is -2.19. The highest BCUT2D eigenvalue weighted by Crippen LogP contribution is 2.65. The van der Waals surface area contributed by atoms with E-state index in [4.69, 9.17) is 9.47 Å². The van der Waals surface area contributed by atoms with Crippen molar-refractivity contribution in [2.45, 2.75) is 102 Å². The molecule has 3 aliphatic rings. The lowest BCUT2D eigenvalue weighted by Gasteiger charge is -2.42. The Kier molecular flexibility index (Phi) is 9.27. The van der Waals surface area contributed by atoms with Crippen molar-refractivity contribution in [2.24, 2.45) is 17.8 Å². The zero-order valence-corrected chi connectivity index (χ0v) is 23.3. The van der Waals surface area contributed by atoms with Crippen LogP contribution in [0.15, 0.2) is 25.3 Å². The number of ether oxygens (including phenoxy) is 2. The molecule has 3 aliphatic heterocycles. The summed E-state index contributed by atoms with van der Waals surface area (Å²) in [5, 5.41) is 10.4. The largest absolute Gasteiger partial charge is 0.465 e. The number of hydrogen-bond acceptors (Lipinski definition) is 6. The summed E-state index contributed by atoms with van der Waals surface area (Å²) in [5.74, 6) is -2.60. The van der Waals surface area contributed by atoms with Gasteiger partial charge in [-0.25, -0.2) is 0 Å². The molecule has 0 radical (unpaired) electrons. The second kappa shape index (κ2) is 11.7. The smallest absolute Gasteiger partial charge is 0.312 e. The first-order valence-electron chi connectivity index (χ1n) is 13.9. The van der Waals surface area contributed by atoms with Gasteiger partial charge in [-0.2, -0.15) is 0 Å². The number of esters is 1. The average molecular weight is 519 g/mol. The Morgan fingerprint density at radius 2 is 1.95 bits per heavy atom. The highest BCUT2D eigenvalue weighted by Gasteiger charge is 2.79. The average Bonchev–Trinajstić information content (AvgIpc) is 3.48. The zero-order chi connectivity index (χ0) is 27.5. The van der Waals surface area contributed by atoms with Gasteiger partial charge in [0.2, 0.25) is 11.8 Å². The van der Waals surface area contributed by atoms with E-state index in [0.717, 1.165) is 12.8 Å². The van der Waals surface area contributed by atoms with Crippen LogP contribution in [0.5, 0.6) is 0 Å². The molecule has 37 heavy (non-hydrogen) atoms. The number of unbranched alkanes of at least 4 members (excludes halogenated alkanes) is 1. The van der Waals surface area contributed by atoms with Crippen LogP contribution in [-0.4, -0.2) is 81.8 Å². The molecular formula is C29H46N2O6. The van der Waals surface area contributed by atoms with E-state index in [2.05, 4.69) is 13.2 Å². The third-order valence-corrected chi connectivity index (χ3v) is 8.98. The molecule has 2 bridgehead atoms. The fraction of sp³-hybridized carbons (Fsp3) is 0.759. The molecule has 0 aromatic rings. The molecule has 8 heteroatoms. The van der Waals surface area contributed by atoms with Crippen molar-refractivity contribution in [2.75, 3.05) is 19.8 Å². The fourth-order valence-electron chi connectivity index (χ4n) is 6.81. The zero-order valence-electron chi connectivity index (χ0n) is 23.3. The maximum Gasteiger partial charge on any atom is 0.312 e. The molecular weight excluding hydrogens is 472 g/mol. The van der Waals surface area contributed by atoms with Crippen molar-refractivity contribution in [1.82, 2.24) is 9.80 Å². The van der Waals surface area contributed by atoms with Crippen molar-refractivity contribution in [3.63, 3.8) is 0 Å². The molecule has 8 nitrogen and oxygen atoms in total. The number of nitrogens with zero attached hydrogens (tertiary/aromatic N) is 2. The first-order valence-corrected chi connectivity index (χ1v) is 13.9. The molecule has 1 spiro atoms. The van der Waals surface area contributed by atoms with Crippen LogP contribution >= 0.6 is 0 Å². The second-order valence-electron chi connectivity index (χ2n) is 11.2. The van der Waals surface area contributed by atoms with E-state index in [-0.39, 0.29) is 37.0 Å². The highest BCUT2D eigenvalue weighted by molar-refractivity contribution is 5.99. The van der Waals surface area contributed by atoms with Gasteiger partial charge in [0, 0.05) is 12.6 Å². The quantitative estimate of drug-likeness (QED) is 0.215. The van der Waals surface area contributed by atoms with E-state index in [0.29, 0.717) is 32.2 Å². The number of amides is 2. The minimum atomic E-state index is -1.13. The number of rotatable bonds is 14. The Morgan fingerprint density at radius 3 is 2.49 bits per heavy atom. The monoisotopic (exact) mass is 518 g/mol. The highest BCUT2D eigenvalue weighted by atomic mass is 16.6. The van der Waals surface area contributed by atoms with Crippen molar-refractivity contribution >= 4 is 17.8 Å². The van der Waals surface area contributed by atoms with Gasteiger partial charge in [0.15, 0.2) is 0 Å². The molecule has 2 amide bonds. The van der Waals surface area contributed by atoms with Crippen LogP contribution < -0.4 is 0 Å². The lowest BCUT2D eigenvalue weighted by molar-refractivity contribution is -0.164. The molecule has 0 aromatic heterocycles. The van der Waals surface area contributed by atoms with E-state index < -0.39 is 41.1 Å². The van der Waals surface area contributed by atoms with Crippen LogP contribution in [0.1, 0.15) is 73.1 Å². The molecule has 3 fully saturated rings. The van der Waals surface area contributed by atoms with Crippen LogP contribution in [-0.2, 0) is 23.9 Å². The standard InChI is InChI=1S/C29H46N2O6/c1-8-12-13-17-36-27(35)23-22-25(33)31(21(18-32)20(7)10-3)24(26(34)30(16-9-2)19(5)6)29(22)15-14-28(23,11-4)37-29/h8-9,19-24,32H,1-2,10-18H2,3-7H3/t20-,21-,22-,23+,24?,28-,29?/m0/s1. The Morgan fingerprint density at radius 1 is 1.24 bits per heavy atom. The van der Waals surface area contributed by atoms with E-state index >= 15 is 0 Å². The Labute approximate surface area is 222 Å². The minimum Gasteiger partial charge on any atom is -0.465 e. The summed E-state index contributed by atoms with van der Waals surface area (Å²) in [4.78, 5) is 45.5. The molecule has 2 unspecified atom stereocenters. The van der Waals surface area contributed by atoms with Crippen LogP contribution in [0, 0.1) is 17.8 Å². The summed E-state index contributed by atoms with van der Waals surface area (Å²) in [5.41, 5.74) is -1.98. The lowest BCUT2D eigenvalue weighted by Crippen LogP contribution is -2.60. The molecule has 0 saturated carbocycles. The van der Waals surface area contributed by atoms with Crippen molar-refractivity contribution in [1.29, 1.82) is 0 Å². The Balaban J connectivity index is 2.11. The predicted octanol–water partition coefficient (Wildman–Crippen LogP) is 3.48. The van der Waals surface area contributed by atoms with Gasteiger partial charge in [-0.05, 0) is 51.9 Å². The number of aliphatic hydroxyl groups excluding tert-OH is 1. The van der Waals surface area contributed by atoms with Gasteiger partial charge in [-0.3, -0.25) is 14.4 Å². The molecule has 3 saturated heterocycles. The number of hydrogen-bond donors (Lipinski definition) is 1. The summed E-state index contributed by atoms with van der Waals surface area (Å²) >= 11 is 0. The van der Waals surface area contributed by atoms with Crippen molar-refractivity contribution < 1.29 is 29.0 Å². The normalized spacial score (nSPS) is 31.8. The minimum absolute atomic E-state index is 0.0481. The summed E-state index contributed by atoms with van der Waals surface area (Å²) < 4.78 is 12.5. The first-order chi connectivity index (χ1) is 17.6. The maximum absolute atomic E-state index is 14.3. The molecule has 1 N–H and O–H groups in total. The number of allylic oxidation sites excluding steroid dienone is 1. The number of carbonyl (C=O) groups excluding carboxylic acids is 3. The van der Waals surface area contributed by atoms with Crippen LogP contribution in [0.2, 0.25) is 0 Å². The van der Waals surface area contributed by atoms with Gasteiger partial charge in [0.1, 0.15) is 17.6 Å². The number of aliphatic hydroxyl groups is 1. The molecule has 208 valence electrons. The number of carbonyl (C=O) groups is 3. The van der Waals surface area contributed by atoms with Gasteiger partial charge in [-0.1, -0.05) is 39.3 Å². The first kappa shape index (κ1) is 29.4. The molecule has 0 aliphatic carbocycles. The molecule has 3 rings (SSSR count). The summed E-state index contributed by atoms with van der Waals surface area (Å²) in [6.45, 7) is 17.6. The molecule has 0 aromatic carbocycles. The van der Waals surface area contributed by atoms with Gasteiger partial charge in [-0.15, -0.1) is 13.2 Å². The van der Waals surface area contributed by atoms with Gasteiger partial charge in [0.05, 0.1) is 30.8 Å². The third kappa shape index (κ3) is 4.76. The third-order valence-electron chi connectivity index (χ3n) is 8.98.